The first kappa shape index (κ1) is 23.4. The van der Waals surface area contributed by atoms with E-state index < -0.39 is 0 Å². The molecule has 2 heterocycles. The van der Waals surface area contributed by atoms with Crippen molar-refractivity contribution in [3.05, 3.63) is 6.20 Å². The van der Waals surface area contributed by atoms with E-state index in [1.165, 1.54) is 107 Å². The maximum absolute atomic E-state index is 13.3. The molecule has 1 aromatic heterocycles. The summed E-state index contributed by atoms with van der Waals surface area (Å²) in [7, 11) is 0. The number of hydrogen-bond acceptors (Lipinski definition) is 5. The molecule has 7 heteroatoms. The zero-order valence-corrected chi connectivity index (χ0v) is 20.7. The van der Waals surface area contributed by atoms with Crippen molar-refractivity contribution in [1.82, 2.24) is 14.8 Å². The summed E-state index contributed by atoms with van der Waals surface area (Å²) >= 11 is 3.52. The molecule has 0 unspecified atom stereocenters. The number of likely N-dealkylation sites (tertiary alicyclic amines) is 1. The predicted octanol–water partition coefficient (Wildman–Crippen LogP) is 6.61. The van der Waals surface area contributed by atoms with Crippen molar-refractivity contribution < 1.29 is 4.79 Å². The largest absolute Gasteiger partial charge is 0.324 e. The molecule has 2 amide bonds. The predicted molar refractivity (Wildman–Crippen MR) is 132 cm³/mol. The number of urea groups is 1. The topological polar surface area (TPSA) is 48.5 Å². The van der Waals surface area contributed by atoms with Gasteiger partial charge in [-0.3, -0.25) is 5.32 Å². The molecule has 1 aliphatic heterocycles. The smallest absolute Gasteiger partial charge is 0.319 e. The van der Waals surface area contributed by atoms with E-state index in [-0.39, 0.29) is 6.03 Å². The van der Waals surface area contributed by atoms with Crippen LogP contribution in [0, 0.1) is 0 Å². The van der Waals surface area contributed by atoms with E-state index in [1.807, 2.05) is 18.0 Å². The highest BCUT2D eigenvalue weighted by atomic mass is 32.2. The number of nitrogens with one attached hydrogen (secondary N) is 1. The molecule has 1 aromatic rings. The van der Waals surface area contributed by atoms with Crippen LogP contribution in [0.3, 0.4) is 0 Å². The van der Waals surface area contributed by atoms with Crippen LogP contribution in [-0.2, 0) is 0 Å². The number of carbonyl (C=O) groups excluding carboxylic acids is 1. The standard InChI is InChI=1S/C24H40N4OS2/c29-24(28(20-11-5-3-6-12-20)21-13-7-4-8-14-21)26-23-25-19-22(31-23)30-18-17-27-15-9-1-2-10-16-27/h19-21H,1-18H2,(H,25,26,29). The number of thiazole rings is 1. The molecule has 0 spiro atoms. The number of amides is 2. The Morgan fingerprint density at radius 2 is 1.55 bits per heavy atom. The lowest BCUT2D eigenvalue weighted by molar-refractivity contribution is 0.114. The van der Waals surface area contributed by atoms with Gasteiger partial charge < -0.3 is 9.80 Å². The minimum Gasteiger partial charge on any atom is -0.319 e. The number of nitrogens with zero attached hydrogens (tertiary/aromatic N) is 3. The Hall–Kier alpha value is -0.790. The van der Waals surface area contributed by atoms with Crippen LogP contribution in [0.2, 0.25) is 0 Å². The first-order valence-electron chi connectivity index (χ1n) is 12.7. The highest BCUT2D eigenvalue weighted by Crippen LogP contribution is 2.32. The van der Waals surface area contributed by atoms with Crippen LogP contribution in [0.5, 0.6) is 0 Å². The van der Waals surface area contributed by atoms with Gasteiger partial charge in [0.25, 0.3) is 0 Å². The first-order chi connectivity index (χ1) is 15.3. The molecule has 174 valence electrons. The summed E-state index contributed by atoms with van der Waals surface area (Å²) in [6, 6.07) is 0.924. The SMILES string of the molecule is O=C(Nc1ncc(SCCN2CCCCCC2)s1)N(C1CCCCC1)C1CCCCC1. The number of anilines is 1. The Bertz CT molecular complexity index is 644. The van der Waals surface area contributed by atoms with Crippen molar-refractivity contribution >= 4 is 34.3 Å². The number of rotatable bonds is 7. The summed E-state index contributed by atoms with van der Waals surface area (Å²) in [6.07, 6.45) is 19.8. The van der Waals surface area contributed by atoms with Crippen LogP contribution in [0.4, 0.5) is 9.93 Å². The minimum atomic E-state index is 0.0919. The van der Waals surface area contributed by atoms with Crippen molar-refractivity contribution in [2.24, 2.45) is 0 Å². The highest BCUT2D eigenvalue weighted by Gasteiger charge is 2.32. The quantitative estimate of drug-likeness (QED) is 0.461. The molecule has 3 aliphatic rings. The van der Waals surface area contributed by atoms with E-state index in [9.17, 15) is 4.79 Å². The fraction of sp³-hybridized carbons (Fsp3) is 0.833. The molecule has 3 fully saturated rings. The maximum Gasteiger partial charge on any atom is 0.324 e. The zero-order valence-electron chi connectivity index (χ0n) is 19.0. The average molecular weight is 465 g/mol. The fourth-order valence-electron chi connectivity index (χ4n) is 5.52. The monoisotopic (exact) mass is 464 g/mol. The summed E-state index contributed by atoms with van der Waals surface area (Å²) in [5, 5.41) is 3.94. The second-order valence-electron chi connectivity index (χ2n) is 9.51. The van der Waals surface area contributed by atoms with Crippen LogP contribution >= 0.6 is 23.1 Å². The number of aromatic nitrogens is 1. The molecular weight excluding hydrogens is 424 g/mol. The van der Waals surface area contributed by atoms with Crippen molar-refractivity contribution in [2.75, 3.05) is 30.7 Å². The minimum absolute atomic E-state index is 0.0919. The third-order valence-electron chi connectivity index (χ3n) is 7.22. The second-order valence-corrected chi connectivity index (χ2v) is 11.9. The number of thioether (sulfide) groups is 1. The second kappa shape index (κ2) is 12.4. The molecule has 2 saturated carbocycles. The zero-order chi connectivity index (χ0) is 21.3. The van der Waals surface area contributed by atoms with Gasteiger partial charge in [-0.2, -0.15) is 0 Å². The number of carbonyl (C=O) groups is 1. The van der Waals surface area contributed by atoms with Gasteiger partial charge in [-0.25, -0.2) is 9.78 Å². The van der Waals surface area contributed by atoms with Gasteiger partial charge in [-0.05, 0) is 51.6 Å². The van der Waals surface area contributed by atoms with Crippen LogP contribution in [0.1, 0.15) is 89.9 Å². The Labute approximate surface area is 196 Å². The molecule has 2 aliphatic carbocycles. The van der Waals surface area contributed by atoms with Gasteiger partial charge in [0, 0.05) is 24.4 Å². The van der Waals surface area contributed by atoms with E-state index in [4.69, 9.17) is 0 Å². The van der Waals surface area contributed by atoms with E-state index >= 15 is 0 Å². The summed E-state index contributed by atoms with van der Waals surface area (Å²) in [4.78, 5) is 22.7. The van der Waals surface area contributed by atoms with E-state index in [2.05, 4.69) is 20.1 Å². The van der Waals surface area contributed by atoms with Gasteiger partial charge in [0.1, 0.15) is 0 Å². The van der Waals surface area contributed by atoms with Gasteiger partial charge in [0.05, 0.1) is 10.4 Å². The summed E-state index contributed by atoms with van der Waals surface area (Å²) in [5.41, 5.74) is 0. The Kier molecular flexibility index (Phi) is 9.39. The van der Waals surface area contributed by atoms with Gasteiger partial charge in [-0.1, -0.05) is 62.7 Å². The lowest BCUT2D eigenvalue weighted by Crippen LogP contribution is -2.50. The first-order valence-corrected chi connectivity index (χ1v) is 14.5. The molecule has 31 heavy (non-hydrogen) atoms. The Balaban J connectivity index is 1.29. The summed E-state index contributed by atoms with van der Waals surface area (Å²) in [6.45, 7) is 3.66. The molecule has 0 aromatic carbocycles. The van der Waals surface area contributed by atoms with Crippen molar-refractivity contribution in [3.63, 3.8) is 0 Å². The van der Waals surface area contributed by atoms with Crippen LogP contribution < -0.4 is 5.32 Å². The van der Waals surface area contributed by atoms with Crippen LogP contribution in [-0.4, -0.2) is 58.3 Å². The van der Waals surface area contributed by atoms with Gasteiger partial charge in [0.15, 0.2) is 5.13 Å². The third-order valence-corrected chi connectivity index (χ3v) is 9.31. The molecule has 5 nitrogen and oxygen atoms in total. The molecule has 1 saturated heterocycles. The van der Waals surface area contributed by atoms with Gasteiger partial charge in [0.2, 0.25) is 0 Å². The maximum atomic E-state index is 13.3. The molecule has 0 atom stereocenters. The summed E-state index contributed by atoms with van der Waals surface area (Å²) < 4.78 is 1.21. The van der Waals surface area contributed by atoms with Crippen molar-refractivity contribution in [1.29, 1.82) is 0 Å². The van der Waals surface area contributed by atoms with E-state index in [1.54, 1.807) is 11.3 Å². The molecule has 4 rings (SSSR count). The van der Waals surface area contributed by atoms with E-state index in [0.29, 0.717) is 12.1 Å². The molecule has 1 N–H and O–H groups in total. The van der Waals surface area contributed by atoms with Gasteiger partial charge in [-0.15, -0.1) is 11.8 Å². The average Bonchev–Trinajstić information content (AvgIpc) is 3.07. The Morgan fingerprint density at radius 3 is 2.16 bits per heavy atom. The third kappa shape index (κ3) is 7.10. The summed E-state index contributed by atoms with van der Waals surface area (Å²) in [5.74, 6) is 1.10. The van der Waals surface area contributed by atoms with E-state index in [0.717, 1.165) is 17.4 Å². The van der Waals surface area contributed by atoms with Crippen molar-refractivity contribution in [2.45, 2.75) is 106 Å². The molecule has 0 bridgehead atoms. The van der Waals surface area contributed by atoms with Crippen LogP contribution in [0.15, 0.2) is 10.4 Å². The van der Waals surface area contributed by atoms with Crippen molar-refractivity contribution in [3.8, 4) is 0 Å². The molecule has 0 radical (unpaired) electrons. The number of hydrogen-bond donors (Lipinski definition) is 1. The fourth-order valence-corrected chi connectivity index (χ4v) is 7.46. The normalized spacial score (nSPS) is 22.2. The lowest BCUT2D eigenvalue weighted by Gasteiger charge is -2.41. The molecular formula is C24H40N4OS2. The Morgan fingerprint density at radius 1 is 0.968 bits per heavy atom. The highest BCUT2D eigenvalue weighted by molar-refractivity contribution is 8.01. The van der Waals surface area contributed by atoms with Gasteiger partial charge >= 0.3 is 6.03 Å². The van der Waals surface area contributed by atoms with Crippen LogP contribution in [0.25, 0.3) is 0 Å². The lowest BCUT2D eigenvalue weighted by atomic mass is 9.89.